The molecule has 0 bridgehead atoms. The van der Waals surface area contributed by atoms with Gasteiger partial charge < -0.3 is 9.13 Å². The SMILES string of the molecule is CC(C)(C)n1c(-c2ccccc2)ccc1N(c1ccccc1)c1ccc(-c2ccc(-c3ccc(N(c4ccccc4)c4ccc(-c5ccccc5)n4C(C)(C)C)cc3)s2)cc1. The molecule has 0 aliphatic heterocycles. The monoisotopic (exact) mass is 812 g/mol. The molecule has 0 amide bonds. The van der Waals surface area contributed by atoms with Crippen LogP contribution in [0.4, 0.5) is 34.4 Å². The molecule has 0 N–H and O–H groups in total. The third-order valence-corrected chi connectivity index (χ3v) is 12.3. The summed E-state index contributed by atoms with van der Waals surface area (Å²) in [6.07, 6.45) is 0. The van der Waals surface area contributed by atoms with Crippen LogP contribution in [0.1, 0.15) is 41.5 Å². The number of nitrogens with zero attached hydrogens (tertiary/aromatic N) is 4. The first-order chi connectivity index (χ1) is 29.5. The molecule has 0 atom stereocenters. The third kappa shape index (κ3) is 7.97. The van der Waals surface area contributed by atoms with Crippen molar-refractivity contribution in [1.82, 2.24) is 9.13 Å². The van der Waals surface area contributed by atoms with Crippen LogP contribution in [-0.4, -0.2) is 9.13 Å². The number of hydrogen-bond donors (Lipinski definition) is 0. The van der Waals surface area contributed by atoms with Crippen molar-refractivity contribution in [3.63, 3.8) is 0 Å². The molecule has 0 unspecified atom stereocenters. The lowest BCUT2D eigenvalue weighted by Gasteiger charge is -2.33. The van der Waals surface area contributed by atoms with Crippen LogP contribution in [-0.2, 0) is 11.1 Å². The molecular weight excluding hydrogens is 761 g/mol. The molecule has 9 aromatic rings. The highest BCUT2D eigenvalue weighted by Gasteiger charge is 2.28. The van der Waals surface area contributed by atoms with E-state index >= 15 is 0 Å². The first-order valence-electron chi connectivity index (χ1n) is 21.1. The molecular formula is C56H52N4S. The summed E-state index contributed by atoms with van der Waals surface area (Å²) in [5.74, 6) is 2.25. The Bertz CT molecular complexity index is 2640. The Kier molecular flexibility index (Phi) is 10.6. The van der Waals surface area contributed by atoms with Crippen LogP contribution >= 0.6 is 11.3 Å². The lowest BCUT2D eigenvalue weighted by Crippen LogP contribution is -2.27. The molecule has 4 nitrogen and oxygen atoms in total. The van der Waals surface area contributed by atoms with E-state index < -0.39 is 0 Å². The maximum absolute atomic E-state index is 2.46. The molecule has 0 fully saturated rings. The summed E-state index contributed by atoms with van der Waals surface area (Å²) in [6.45, 7) is 13.7. The van der Waals surface area contributed by atoms with Gasteiger partial charge >= 0.3 is 0 Å². The molecule has 0 aliphatic carbocycles. The van der Waals surface area contributed by atoms with Crippen molar-refractivity contribution in [2.24, 2.45) is 0 Å². The zero-order valence-electron chi connectivity index (χ0n) is 35.8. The molecule has 6 aromatic carbocycles. The quantitative estimate of drug-likeness (QED) is 0.137. The maximum atomic E-state index is 2.46. The fraction of sp³-hybridized carbons (Fsp3) is 0.143. The van der Waals surface area contributed by atoms with Gasteiger partial charge in [0.15, 0.2) is 0 Å². The van der Waals surface area contributed by atoms with Gasteiger partial charge in [0.25, 0.3) is 0 Å². The van der Waals surface area contributed by atoms with E-state index in [2.05, 4.69) is 267 Å². The van der Waals surface area contributed by atoms with E-state index in [1.165, 1.54) is 43.4 Å². The van der Waals surface area contributed by atoms with Crippen LogP contribution in [0.2, 0.25) is 0 Å². The summed E-state index contributed by atoms with van der Waals surface area (Å²) in [7, 11) is 0. The highest BCUT2D eigenvalue weighted by molar-refractivity contribution is 7.18. The highest BCUT2D eigenvalue weighted by Crippen LogP contribution is 2.44. The number of hydrogen-bond acceptors (Lipinski definition) is 3. The Morgan fingerprint density at radius 2 is 0.623 bits per heavy atom. The molecule has 5 heteroatoms. The van der Waals surface area contributed by atoms with Crippen LogP contribution in [0.25, 0.3) is 43.4 Å². The van der Waals surface area contributed by atoms with E-state index in [-0.39, 0.29) is 11.1 Å². The fourth-order valence-electron chi connectivity index (χ4n) is 8.46. The Balaban J connectivity index is 1.03. The van der Waals surface area contributed by atoms with Gasteiger partial charge in [0.1, 0.15) is 11.6 Å². The molecule has 3 heterocycles. The lowest BCUT2D eigenvalue weighted by atomic mass is 10.1. The summed E-state index contributed by atoms with van der Waals surface area (Å²) in [5, 5.41) is 0. The van der Waals surface area contributed by atoms with Crippen molar-refractivity contribution in [1.29, 1.82) is 0 Å². The highest BCUT2D eigenvalue weighted by atomic mass is 32.1. The van der Waals surface area contributed by atoms with Crippen LogP contribution in [0.15, 0.2) is 206 Å². The molecule has 0 saturated carbocycles. The predicted octanol–water partition coefficient (Wildman–Crippen LogP) is 16.5. The number of thiophene rings is 1. The third-order valence-electron chi connectivity index (χ3n) is 11.1. The Hall–Kier alpha value is -6.82. The Morgan fingerprint density at radius 1 is 0.311 bits per heavy atom. The largest absolute Gasteiger partial charge is 0.322 e. The maximum Gasteiger partial charge on any atom is 0.118 e. The summed E-state index contributed by atoms with van der Waals surface area (Å²) >= 11 is 1.83. The fourth-order valence-corrected chi connectivity index (χ4v) is 9.48. The minimum absolute atomic E-state index is 0.161. The van der Waals surface area contributed by atoms with Gasteiger partial charge in [-0.2, -0.15) is 0 Å². The molecule has 3 aromatic heterocycles. The van der Waals surface area contributed by atoms with E-state index in [9.17, 15) is 0 Å². The van der Waals surface area contributed by atoms with Gasteiger partial charge in [0.2, 0.25) is 0 Å². The normalized spacial score (nSPS) is 11.8. The summed E-state index contributed by atoms with van der Waals surface area (Å²) in [4.78, 5) is 7.23. The smallest absolute Gasteiger partial charge is 0.118 e. The summed E-state index contributed by atoms with van der Waals surface area (Å²) in [5.41, 5.74) is 11.4. The summed E-state index contributed by atoms with van der Waals surface area (Å²) < 4.78 is 4.92. The van der Waals surface area contributed by atoms with Gasteiger partial charge in [-0.15, -0.1) is 11.3 Å². The molecule has 0 saturated heterocycles. The molecule has 9 rings (SSSR count). The molecule has 302 valence electrons. The van der Waals surface area contributed by atoms with E-state index in [1.807, 2.05) is 11.3 Å². The Morgan fingerprint density at radius 3 is 0.951 bits per heavy atom. The van der Waals surface area contributed by atoms with Gasteiger partial charge in [-0.25, -0.2) is 0 Å². The molecule has 0 radical (unpaired) electrons. The second-order valence-corrected chi connectivity index (χ2v) is 18.6. The van der Waals surface area contributed by atoms with E-state index in [0.717, 1.165) is 34.4 Å². The minimum Gasteiger partial charge on any atom is -0.322 e. The second-order valence-electron chi connectivity index (χ2n) is 17.5. The predicted molar refractivity (Wildman–Crippen MR) is 261 cm³/mol. The average Bonchev–Trinajstić information content (AvgIpc) is 4.06. The Labute approximate surface area is 365 Å². The minimum atomic E-state index is -0.161. The number of para-hydroxylation sites is 2. The first kappa shape index (κ1) is 39.6. The van der Waals surface area contributed by atoms with Crippen molar-refractivity contribution < 1.29 is 0 Å². The van der Waals surface area contributed by atoms with Gasteiger partial charge in [0.05, 0.1) is 11.4 Å². The number of benzene rings is 6. The van der Waals surface area contributed by atoms with Crippen molar-refractivity contribution >= 4 is 45.7 Å². The van der Waals surface area contributed by atoms with E-state index in [4.69, 9.17) is 0 Å². The van der Waals surface area contributed by atoms with Crippen molar-refractivity contribution in [3.8, 4) is 43.4 Å². The topological polar surface area (TPSA) is 16.3 Å². The zero-order chi connectivity index (χ0) is 42.1. The standard InChI is InChI=1S/C56H52N4S/c1-55(2,3)59-49(41-19-11-7-12-20-41)35-39-53(59)57(45-23-15-9-16-24-45)47-31-27-43(28-32-47)51-37-38-52(61-51)44-29-33-48(34-30-44)58(46-25-17-10-18-26-46)54-40-36-50(60(54)56(4,5)6)42-21-13-8-14-22-42/h7-40H,1-6H3. The van der Waals surface area contributed by atoms with Crippen molar-refractivity contribution in [3.05, 3.63) is 206 Å². The molecule has 0 aliphatic rings. The number of rotatable bonds is 10. The van der Waals surface area contributed by atoms with Gasteiger partial charge in [-0.1, -0.05) is 121 Å². The van der Waals surface area contributed by atoms with E-state index in [1.54, 1.807) is 0 Å². The van der Waals surface area contributed by atoms with Crippen molar-refractivity contribution in [2.75, 3.05) is 9.80 Å². The average molecular weight is 813 g/mol. The zero-order valence-corrected chi connectivity index (χ0v) is 36.6. The van der Waals surface area contributed by atoms with E-state index in [0.29, 0.717) is 0 Å². The van der Waals surface area contributed by atoms with Gasteiger partial charge in [-0.3, -0.25) is 9.80 Å². The molecule has 61 heavy (non-hydrogen) atoms. The van der Waals surface area contributed by atoms with Crippen LogP contribution < -0.4 is 9.80 Å². The van der Waals surface area contributed by atoms with Crippen LogP contribution in [0, 0.1) is 0 Å². The van der Waals surface area contributed by atoms with Crippen LogP contribution in [0.3, 0.4) is 0 Å². The number of anilines is 6. The first-order valence-corrected chi connectivity index (χ1v) is 21.9. The molecule has 0 spiro atoms. The number of aromatic nitrogens is 2. The van der Waals surface area contributed by atoms with Gasteiger partial charge in [-0.05, 0) is 149 Å². The second kappa shape index (κ2) is 16.3. The summed E-state index contributed by atoms with van der Waals surface area (Å²) in [6, 6.07) is 74.4. The van der Waals surface area contributed by atoms with Gasteiger partial charge in [0, 0.05) is 43.6 Å². The van der Waals surface area contributed by atoms with Crippen molar-refractivity contribution in [2.45, 2.75) is 52.6 Å². The lowest BCUT2D eigenvalue weighted by molar-refractivity contribution is 0.405. The van der Waals surface area contributed by atoms with Crippen LogP contribution in [0.5, 0.6) is 0 Å².